The van der Waals surface area contributed by atoms with E-state index in [9.17, 15) is 9.59 Å². The van der Waals surface area contributed by atoms with Gasteiger partial charge in [0, 0.05) is 18.4 Å². The van der Waals surface area contributed by atoms with Crippen LogP contribution in [0.15, 0.2) is 54.6 Å². The van der Waals surface area contributed by atoms with Crippen molar-refractivity contribution < 1.29 is 19.1 Å². The van der Waals surface area contributed by atoms with Crippen LogP contribution in [0, 0.1) is 0 Å². The van der Waals surface area contributed by atoms with Crippen LogP contribution in [-0.4, -0.2) is 18.5 Å². The minimum absolute atomic E-state index is 0.191. The van der Waals surface area contributed by atoms with Gasteiger partial charge in [-0.3, -0.25) is 9.59 Å². The maximum atomic E-state index is 12.2. The topological polar surface area (TPSA) is 52.6 Å². The fourth-order valence-corrected chi connectivity index (χ4v) is 3.63. The quantitative estimate of drug-likeness (QED) is 0.155. The molecule has 0 aliphatic heterocycles. The van der Waals surface area contributed by atoms with Crippen molar-refractivity contribution in [3.63, 3.8) is 0 Å². The molecular formula is C28H38O4. The zero-order chi connectivity index (χ0) is 22.9. The summed E-state index contributed by atoms with van der Waals surface area (Å²) in [6.07, 6.45) is 12.0. The summed E-state index contributed by atoms with van der Waals surface area (Å²) >= 11 is 0. The highest BCUT2D eigenvalue weighted by Gasteiger charge is 2.12. The molecule has 32 heavy (non-hydrogen) atoms. The molecule has 0 radical (unpaired) electrons. The zero-order valence-electron chi connectivity index (χ0n) is 19.5. The molecule has 0 heterocycles. The molecule has 0 aromatic heterocycles. The van der Waals surface area contributed by atoms with E-state index in [4.69, 9.17) is 9.47 Å². The summed E-state index contributed by atoms with van der Waals surface area (Å²) in [7, 11) is 0. The Morgan fingerprint density at radius 1 is 0.656 bits per heavy atom. The second-order valence-corrected chi connectivity index (χ2v) is 8.24. The fourth-order valence-electron chi connectivity index (χ4n) is 3.63. The van der Waals surface area contributed by atoms with Crippen molar-refractivity contribution in [3.8, 4) is 16.9 Å². The maximum Gasteiger partial charge on any atom is 0.311 e. The van der Waals surface area contributed by atoms with E-state index in [1.807, 2.05) is 48.5 Å². The minimum Gasteiger partial charge on any atom is -0.466 e. The summed E-state index contributed by atoms with van der Waals surface area (Å²) in [6.45, 7) is 2.71. The first-order valence-corrected chi connectivity index (χ1v) is 12.2. The lowest BCUT2D eigenvalue weighted by atomic mass is 10.1. The lowest BCUT2D eigenvalue weighted by molar-refractivity contribution is -0.144. The highest BCUT2D eigenvalue weighted by Crippen LogP contribution is 2.29. The average Bonchev–Trinajstić information content (AvgIpc) is 2.81. The van der Waals surface area contributed by atoms with Gasteiger partial charge in [0.2, 0.25) is 0 Å². The maximum absolute atomic E-state index is 12.2. The highest BCUT2D eigenvalue weighted by molar-refractivity contribution is 5.78. The van der Waals surface area contributed by atoms with Crippen molar-refractivity contribution in [1.29, 1.82) is 0 Å². The second-order valence-electron chi connectivity index (χ2n) is 8.24. The predicted molar refractivity (Wildman–Crippen MR) is 130 cm³/mol. The summed E-state index contributed by atoms with van der Waals surface area (Å²) in [5.41, 5.74) is 1.87. The molecule has 0 unspecified atom stereocenters. The number of benzene rings is 2. The molecule has 174 valence electrons. The van der Waals surface area contributed by atoms with Crippen LogP contribution in [-0.2, 0) is 14.3 Å². The Balaban J connectivity index is 1.56. The van der Waals surface area contributed by atoms with Gasteiger partial charge in [-0.25, -0.2) is 0 Å². The Labute approximate surface area is 193 Å². The molecule has 0 spiro atoms. The molecule has 2 aromatic carbocycles. The van der Waals surface area contributed by atoms with E-state index in [1.54, 1.807) is 6.07 Å². The summed E-state index contributed by atoms with van der Waals surface area (Å²) in [5.74, 6) is -0.0289. The van der Waals surface area contributed by atoms with Crippen LogP contribution in [0.2, 0.25) is 0 Å². The van der Waals surface area contributed by atoms with Crippen LogP contribution in [0.25, 0.3) is 11.1 Å². The Hall–Kier alpha value is -2.62. The van der Waals surface area contributed by atoms with Gasteiger partial charge in [-0.1, -0.05) is 107 Å². The Morgan fingerprint density at radius 2 is 1.25 bits per heavy atom. The van der Waals surface area contributed by atoms with E-state index in [-0.39, 0.29) is 24.8 Å². The molecule has 4 heteroatoms. The molecule has 2 aromatic rings. The number of rotatable bonds is 16. The molecular weight excluding hydrogens is 400 g/mol. The van der Waals surface area contributed by atoms with Gasteiger partial charge in [0.25, 0.3) is 0 Å². The molecule has 0 saturated carbocycles. The number of carbonyl (C=O) groups is 2. The molecule has 2 rings (SSSR count). The van der Waals surface area contributed by atoms with Gasteiger partial charge in [-0.15, -0.1) is 0 Å². The van der Waals surface area contributed by atoms with E-state index in [2.05, 4.69) is 6.92 Å². The third-order valence-electron chi connectivity index (χ3n) is 5.47. The number of hydrogen-bond acceptors (Lipinski definition) is 4. The molecule has 0 N–H and O–H groups in total. The first-order chi connectivity index (χ1) is 15.7. The van der Waals surface area contributed by atoms with Crippen LogP contribution >= 0.6 is 0 Å². The van der Waals surface area contributed by atoms with E-state index < -0.39 is 0 Å². The van der Waals surface area contributed by atoms with E-state index >= 15 is 0 Å². The van der Waals surface area contributed by atoms with Crippen molar-refractivity contribution in [1.82, 2.24) is 0 Å². The number of esters is 2. The monoisotopic (exact) mass is 438 g/mol. The lowest BCUT2D eigenvalue weighted by Gasteiger charge is -2.10. The van der Waals surface area contributed by atoms with Gasteiger partial charge >= 0.3 is 11.9 Å². The molecule has 0 atom stereocenters. The number of hydrogen-bond donors (Lipinski definition) is 0. The number of ether oxygens (including phenoxy) is 2. The third-order valence-corrected chi connectivity index (χ3v) is 5.47. The first kappa shape index (κ1) is 25.6. The summed E-state index contributed by atoms with van der Waals surface area (Å²) in [6, 6.07) is 17.3. The predicted octanol–water partition coefficient (Wildman–Crippen LogP) is 7.50. The van der Waals surface area contributed by atoms with E-state index in [1.165, 1.54) is 44.9 Å². The summed E-state index contributed by atoms with van der Waals surface area (Å²) in [5, 5.41) is 0. The van der Waals surface area contributed by atoms with Crippen LogP contribution in [0.3, 0.4) is 0 Å². The molecule has 0 aliphatic carbocycles. The van der Waals surface area contributed by atoms with Crippen molar-refractivity contribution in [2.75, 3.05) is 6.61 Å². The molecule has 4 nitrogen and oxygen atoms in total. The second kappa shape index (κ2) is 16.1. The summed E-state index contributed by atoms with van der Waals surface area (Å²) < 4.78 is 10.8. The van der Waals surface area contributed by atoms with Crippen molar-refractivity contribution >= 4 is 11.9 Å². The Morgan fingerprint density at radius 3 is 1.97 bits per heavy atom. The SMILES string of the molecule is CCCCCCCCCCCOC(=O)CCCC(=O)Oc1ccccc1-c1ccccc1. The minimum atomic E-state index is -0.333. The Kier molecular flexibility index (Phi) is 12.9. The molecule has 0 saturated heterocycles. The van der Waals surface area contributed by atoms with Gasteiger partial charge in [-0.05, 0) is 24.5 Å². The van der Waals surface area contributed by atoms with Gasteiger partial charge in [-0.2, -0.15) is 0 Å². The van der Waals surface area contributed by atoms with Gasteiger partial charge < -0.3 is 9.47 Å². The normalized spacial score (nSPS) is 10.7. The van der Waals surface area contributed by atoms with Crippen LogP contribution in [0.4, 0.5) is 0 Å². The highest BCUT2D eigenvalue weighted by atomic mass is 16.5. The third kappa shape index (κ3) is 10.6. The molecule has 0 fully saturated rings. The number of carbonyl (C=O) groups excluding carboxylic acids is 2. The van der Waals surface area contributed by atoms with E-state index in [0.29, 0.717) is 18.8 Å². The molecule has 0 amide bonds. The van der Waals surface area contributed by atoms with Crippen molar-refractivity contribution in [2.24, 2.45) is 0 Å². The van der Waals surface area contributed by atoms with Crippen LogP contribution in [0.1, 0.15) is 84.0 Å². The van der Waals surface area contributed by atoms with Gasteiger partial charge in [0.05, 0.1) is 6.61 Å². The average molecular weight is 439 g/mol. The zero-order valence-corrected chi connectivity index (χ0v) is 19.5. The van der Waals surface area contributed by atoms with E-state index in [0.717, 1.165) is 24.0 Å². The molecule has 0 aliphatic rings. The summed E-state index contributed by atoms with van der Waals surface area (Å²) in [4.78, 5) is 24.1. The lowest BCUT2D eigenvalue weighted by Crippen LogP contribution is -2.11. The fraction of sp³-hybridized carbons (Fsp3) is 0.500. The standard InChI is InChI=1S/C28H38O4/c1-2-3-4-5-6-7-8-9-15-23-31-27(29)21-16-22-28(30)32-26-20-14-13-19-25(26)24-17-11-10-12-18-24/h10-14,17-20H,2-9,15-16,21-23H2,1H3. The van der Waals surface area contributed by atoms with Crippen molar-refractivity contribution in [2.45, 2.75) is 84.0 Å². The Bertz CT molecular complexity index is 785. The largest absolute Gasteiger partial charge is 0.466 e. The number of para-hydroxylation sites is 1. The molecule has 0 bridgehead atoms. The van der Waals surface area contributed by atoms with Gasteiger partial charge in [0.15, 0.2) is 0 Å². The van der Waals surface area contributed by atoms with Gasteiger partial charge in [0.1, 0.15) is 5.75 Å². The first-order valence-electron chi connectivity index (χ1n) is 12.2. The van der Waals surface area contributed by atoms with Crippen LogP contribution < -0.4 is 4.74 Å². The van der Waals surface area contributed by atoms with Crippen molar-refractivity contribution in [3.05, 3.63) is 54.6 Å². The van der Waals surface area contributed by atoms with Crippen LogP contribution in [0.5, 0.6) is 5.75 Å². The smallest absolute Gasteiger partial charge is 0.311 e. The number of unbranched alkanes of at least 4 members (excludes halogenated alkanes) is 8.